The van der Waals surface area contributed by atoms with E-state index in [1.165, 1.54) is 6.26 Å². The van der Waals surface area contributed by atoms with Gasteiger partial charge in [-0.05, 0) is 18.9 Å². The van der Waals surface area contributed by atoms with Crippen LogP contribution in [0.1, 0.15) is 36.0 Å². The summed E-state index contributed by atoms with van der Waals surface area (Å²) < 4.78 is 5.34. The lowest BCUT2D eigenvalue weighted by molar-refractivity contribution is 0.0450. The Morgan fingerprint density at radius 1 is 1.32 bits per heavy atom. The van der Waals surface area contributed by atoms with Crippen molar-refractivity contribution in [3.63, 3.8) is 0 Å². The Kier molecular flexibility index (Phi) is 3.03. The van der Waals surface area contributed by atoms with Crippen molar-refractivity contribution in [2.75, 3.05) is 6.54 Å². The molecule has 2 N–H and O–H groups in total. The molecule has 0 bridgehead atoms. The summed E-state index contributed by atoms with van der Waals surface area (Å²) in [4.78, 5) is 12.1. The number of nitrogens with one attached hydrogen (secondary N) is 1. The van der Waals surface area contributed by atoms with Gasteiger partial charge in [0.1, 0.15) is 11.8 Å². The Balaban J connectivity index is 1.73. The number of amides is 1. The summed E-state index contributed by atoms with van der Waals surface area (Å²) in [6.07, 6.45) is 5.06. The van der Waals surface area contributed by atoms with Crippen LogP contribution >= 0.6 is 0 Å². The Morgan fingerprint density at radius 2 is 2.05 bits per heavy atom. The highest BCUT2D eigenvalue weighted by Crippen LogP contribution is 2.29. The maximum Gasteiger partial charge on any atom is 0.255 e. The van der Waals surface area contributed by atoms with Crippen LogP contribution in [0.25, 0.3) is 11.0 Å². The predicted octanol–water partition coefficient (Wildman–Crippen LogP) is 2.47. The molecule has 1 aromatic heterocycles. The highest BCUT2D eigenvalue weighted by atomic mass is 16.3. The Labute approximate surface area is 111 Å². The van der Waals surface area contributed by atoms with Crippen LogP contribution in [0.5, 0.6) is 0 Å². The molecule has 0 saturated heterocycles. The number of hydrogen-bond donors (Lipinski definition) is 2. The number of hydrogen-bond acceptors (Lipinski definition) is 3. The van der Waals surface area contributed by atoms with E-state index in [2.05, 4.69) is 5.32 Å². The molecule has 0 radical (unpaired) electrons. The molecule has 1 amide bonds. The fourth-order valence-electron chi connectivity index (χ4n) is 2.70. The van der Waals surface area contributed by atoms with E-state index in [1.54, 1.807) is 0 Å². The summed E-state index contributed by atoms with van der Waals surface area (Å²) in [5.74, 6) is -0.190. The summed E-state index contributed by atoms with van der Waals surface area (Å²) in [5.41, 5.74) is 0.499. The first-order valence-electron chi connectivity index (χ1n) is 6.65. The molecule has 3 rings (SSSR count). The SMILES string of the molecule is O=C(NCC1(O)CCCC1)c1coc2ccccc12. The van der Waals surface area contributed by atoms with Gasteiger partial charge in [0.2, 0.25) is 0 Å². The van der Waals surface area contributed by atoms with E-state index >= 15 is 0 Å². The topological polar surface area (TPSA) is 62.5 Å². The smallest absolute Gasteiger partial charge is 0.255 e. The molecule has 1 aliphatic carbocycles. The van der Waals surface area contributed by atoms with E-state index < -0.39 is 5.60 Å². The second-order valence-electron chi connectivity index (χ2n) is 5.26. The number of carbonyl (C=O) groups is 1. The summed E-state index contributed by atoms with van der Waals surface area (Å²) in [5, 5.41) is 13.8. The van der Waals surface area contributed by atoms with Crippen molar-refractivity contribution in [3.05, 3.63) is 36.1 Å². The quantitative estimate of drug-likeness (QED) is 0.890. The van der Waals surface area contributed by atoms with Gasteiger partial charge in [-0.3, -0.25) is 4.79 Å². The Bertz CT molecular complexity index is 596. The van der Waals surface area contributed by atoms with E-state index in [4.69, 9.17) is 4.42 Å². The van der Waals surface area contributed by atoms with Gasteiger partial charge < -0.3 is 14.8 Å². The lowest BCUT2D eigenvalue weighted by Gasteiger charge is -2.22. The molecule has 4 heteroatoms. The van der Waals surface area contributed by atoms with Gasteiger partial charge >= 0.3 is 0 Å². The minimum absolute atomic E-state index is 0.190. The molecule has 0 aliphatic heterocycles. The summed E-state index contributed by atoms with van der Waals surface area (Å²) >= 11 is 0. The van der Waals surface area contributed by atoms with Crippen LogP contribution in [0, 0.1) is 0 Å². The van der Waals surface area contributed by atoms with Crippen molar-refractivity contribution in [2.45, 2.75) is 31.3 Å². The Morgan fingerprint density at radius 3 is 2.84 bits per heavy atom. The number of rotatable bonds is 3. The summed E-state index contributed by atoms with van der Waals surface area (Å²) in [7, 11) is 0. The first kappa shape index (κ1) is 12.2. The van der Waals surface area contributed by atoms with Crippen molar-refractivity contribution in [1.82, 2.24) is 5.32 Å². The van der Waals surface area contributed by atoms with Crippen LogP contribution in [-0.2, 0) is 0 Å². The van der Waals surface area contributed by atoms with Gasteiger partial charge in [0.15, 0.2) is 0 Å². The molecule has 1 fully saturated rings. The number of fused-ring (bicyclic) bond motifs is 1. The first-order valence-corrected chi connectivity index (χ1v) is 6.65. The molecular weight excluding hydrogens is 242 g/mol. The molecule has 1 aliphatic rings. The van der Waals surface area contributed by atoms with Crippen LogP contribution in [0.4, 0.5) is 0 Å². The normalized spacial score (nSPS) is 17.7. The molecule has 100 valence electrons. The summed E-state index contributed by atoms with van der Waals surface area (Å²) in [6.45, 7) is 0.311. The summed E-state index contributed by atoms with van der Waals surface area (Å²) in [6, 6.07) is 7.43. The average Bonchev–Trinajstić information content (AvgIpc) is 3.03. The fraction of sp³-hybridized carbons (Fsp3) is 0.400. The largest absolute Gasteiger partial charge is 0.463 e. The lowest BCUT2D eigenvalue weighted by Crippen LogP contribution is -2.40. The minimum Gasteiger partial charge on any atom is -0.463 e. The molecule has 0 spiro atoms. The number of benzene rings is 1. The van der Waals surface area contributed by atoms with Crippen molar-refractivity contribution in [3.8, 4) is 0 Å². The van der Waals surface area contributed by atoms with Gasteiger partial charge in [0.25, 0.3) is 5.91 Å². The lowest BCUT2D eigenvalue weighted by atomic mass is 10.0. The van der Waals surface area contributed by atoms with Gasteiger partial charge in [-0.25, -0.2) is 0 Å². The van der Waals surface area contributed by atoms with Crippen molar-refractivity contribution in [1.29, 1.82) is 0 Å². The van der Waals surface area contributed by atoms with E-state index in [0.717, 1.165) is 31.1 Å². The number of furan rings is 1. The third-order valence-electron chi connectivity index (χ3n) is 3.84. The number of aliphatic hydroxyl groups is 1. The maximum atomic E-state index is 12.1. The standard InChI is InChI=1S/C15H17NO3/c17-14(16-10-15(18)7-3-4-8-15)12-9-19-13-6-2-1-5-11(12)13/h1-2,5-6,9,18H,3-4,7-8,10H2,(H,16,17). The van der Waals surface area contributed by atoms with Crippen molar-refractivity contribution in [2.24, 2.45) is 0 Å². The minimum atomic E-state index is -0.727. The number of carbonyl (C=O) groups excluding carboxylic acids is 1. The van der Waals surface area contributed by atoms with E-state index in [-0.39, 0.29) is 5.91 Å². The first-order chi connectivity index (χ1) is 9.18. The van der Waals surface area contributed by atoms with E-state index in [0.29, 0.717) is 17.7 Å². The monoisotopic (exact) mass is 259 g/mol. The van der Waals surface area contributed by atoms with Crippen LogP contribution in [0.2, 0.25) is 0 Å². The zero-order valence-corrected chi connectivity index (χ0v) is 10.7. The molecule has 1 aromatic carbocycles. The van der Waals surface area contributed by atoms with Crippen LogP contribution in [0.15, 0.2) is 34.9 Å². The molecule has 19 heavy (non-hydrogen) atoms. The average molecular weight is 259 g/mol. The van der Waals surface area contributed by atoms with Crippen LogP contribution in [-0.4, -0.2) is 23.2 Å². The molecule has 0 unspecified atom stereocenters. The van der Waals surface area contributed by atoms with E-state index in [1.807, 2.05) is 24.3 Å². The van der Waals surface area contributed by atoms with Crippen LogP contribution in [0.3, 0.4) is 0 Å². The van der Waals surface area contributed by atoms with Crippen LogP contribution < -0.4 is 5.32 Å². The van der Waals surface area contributed by atoms with Gasteiger partial charge in [-0.1, -0.05) is 31.0 Å². The highest BCUT2D eigenvalue weighted by Gasteiger charge is 2.31. The predicted molar refractivity (Wildman–Crippen MR) is 72.0 cm³/mol. The van der Waals surface area contributed by atoms with E-state index in [9.17, 15) is 9.90 Å². The van der Waals surface area contributed by atoms with Gasteiger partial charge in [0, 0.05) is 11.9 Å². The number of para-hydroxylation sites is 1. The second kappa shape index (κ2) is 4.70. The molecule has 0 atom stereocenters. The molecule has 1 heterocycles. The highest BCUT2D eigenvalue weighted by molar-refractivity contribution is 6.05. The van der Waals surface area contributed by atoms with Gasteiger partial charge in [-0.2, -0.15) is 0 Å². The maximum absolute atomic E-state index is 12.1. The van der Waals surface area contributed by atoms with Gasteiger partial charge in [0.05, 0.1) is 11.2 Å². The zero-order chi connectivity index (χ0) is 13.3. The molecule has 4 nitrogen and oxygen atoms in total. The second-order valence-corrected chi connectivity index (χ2v) is 5.26. The molecular formula is C15H17NO3. The van der Waals surface area contributed by atoms with Crippen molar-refractivity contribution < 1.29 is 14.3 Å². The fourth-order valence-corrected chi connectivity index (χ4v) is 2.70. The molecule has 2 aromatic rings. The third-order valence-corrected chi connectivity index (χ3v) is 3.84. The van der Waals surface area contributed by atoms with Crippen molar-refractivity contribution >= 4 is 16.9 Å². The third kappa shape index (κ3) is 2.36. The van der Waals surface area contributed by atoms with Gasteiger partial charge in [-0.15, -0.1) is 0 Å². The Hall–Kier alpha value is -1.81. The zero-order valence-electron chi connectivity index (χ0n) is 10.7. The molecule has 1 saturated carbocycles.